The van der Waals surface area contributed by atoms with Crippen LogP contribution < -0.4 is 0 Å². The van der Waals surface area contributed by atoms with Gasteiger partial charge in [-0.3, -0.25) is 4.98 Å². The van der Waals surface area contributed by atoms with E-state index in [0.717, 1.165) is 22.9 Å². The number of aromatic amines is 1. The molecule has 0 spiro atoms. The molecule has 5 heteroatoms. The number of rotatable bonds is 1. The number of nitrogens with zero attached hydrogens (tertiary/aromatic N) is 2. The van der Waals surface area contributed by atoms with Crippen molar-refractivity contribution in [1.82, 2.24) is 14.9 Å². The van der Waals surface area contributed by atoms with Crippen LogP contribution in [-0.2, 0) is 0 Å². The number of amides is 1. The van der Waals surface area contributed by atoms with E-state index in [1.165, 1.54) is 10.5 Å². The van der Waals surface area contributed by atoms with E-state index < -0.39 is 6.09 Å². The third kappa shape index (κ3) is 1.73. The number of carbonyl (C=O) groups is 1. The predicted octanol–water partition coefficient (Wildman–Crippen LogP) is 2.33. The molecule has 2 N–H and O–H groups in total. The summed E-state index contributed by atoms with van der Waals surface area (Å²) in [5, 5.41) is 10.00. The molecular weight excluding hydrogens is 230 g/mol. The molecule has 0 atom stereocenters. The number of hydrogen-bond donors (Lipinski definition) is 2. The number of nitrogens with one attached hydrogen (secondary N) is 1. The zero-order valence-corrected chi connectivity index (χ0v) is 9.76. The molecule has 2 aromatic heterocycles. The molecule has 92 valence electrons. The van der Waals surface area contributed by atoms with Gasteiger partial charge in [0, 0.05) is 48.1 Å². The second-order valence-electron chi connectivity index (χ2n) is 4.33. The van der Waals surface area contributed by atoms with Crippen LogP contribution in [0, 0.1) is 0 Å². The van der Waals surface area contributed by atoms with Crippen LogP contribution >= 0.6 is 0 Å². The van der Waals surface area contributed by atoms with E-state index in [0.29, 0.717) is 13.1 Å². The van der Waals surface area contributed by atoms with Gasteiger partial charge in [-0.25, -0.2) is 4.79 Å². The molecule has 3 rings (SSSR count). The van der Waals surface area contributed by atoms with Crippen molar-refractivity contribution in [3.8, 4) is 0 Å². The Morgan fingerprint density at radius 2 is 2.39 bits per heavy atom. The molecule has 2 aromatic rings. The highest BCUT2D eigenvalue weighted by atomic mass is 16.4. The number of carboxylic acid groups (broad SMARTS) is 1. The van der Waals surface area contributed by atoms with Crippen LogP contribution in [0.15, 0.2) is 30.7 Å². The summed E-state index contributed by atoms with van der Waals surface area (Å²) in [7, 11) is 0. The van der Waals surface area contributed by atoms with Crippen molar-refractivity contribution in [2.45, 2.75) is 6.42 Å². The summed E-state index contributed by atoms with van der Waals surface area (Å²) in [5.74, 6) is 0. The Balaban J connectivity index is 1.94. The van der Waals surface area contributed by atoms with Gasteiger partial charge in [0.15, 0.2) is 0 Å². The second kappa shape index (κ2) is 4.18. The Hall–Kier alpha value is -2.30. The predicted molar refractivity (Wildman–Crippen MR) is 68.3 cm³/mol. The highest BCUT2D eigenvalue weighted by Gasteiger charge is 2.18. The highest BCUT2D eigenvalue weighted by Crippen LogP contribution is 2.28. The minimum absolute atomic E-state index is 0.456. The Bertz CT molecular complexity index is 630. The van der Waals surface area contributed by atoms with Gasteiger partial charge in [-0.15, -0.1) is 0 Å². The first-order valence-corrected chi connectivity index (χ1v) is 5.84. The van der Waals surface area contributed by atoms with Crippen LogP contribution in [0.1, 0.15) is 12.0 Å². The minimum Gasteiger partial charge on any atom is -0.465 e. The number of H-pyrrole nitrogens is 1. The molecule has 0 fully saturated rings. The lowest BCUT2D eigenvalue weighted by Gasteiger charge is -2.23. The van der Waals surface area contributed by atoms with Crippen LogP contribution in [0.5, 0.6) is 0 Å². The fourth-order valence-corrected chi connectivity index (χ4v) is 2.32. The molecule has 1 amide bonds. The van der Waals surface area contributed by atoms with Gasteiger partial charge in [-0.05, 0) is 18.1 Å². The third-order valence-electron chi connectivity index (χ3n) is 3.31. The molecule has 0 saturated heterocycles. The van der Waals surface area contributed by atoms with Crippen molar-refractivity contribution in [1.29, 1.82) is 0 Å². The summed E-state index contributed by atoms with van der Waals surface area (Å²) < 4.78 is 0. The van der Waals surface area contributed by atoms with Gasteiger partial charge in [0.05, 0.1) is 0 Å². The van der Waals surface area contributed by atoms with Gasteiger partial charge < -0.3 is 15.0 Å². The largest absolute Gasteiger partial charge is 0.465 e. The quantitative estimate of drug-likeness (QED) is 0.807. The maximum Gasteiger partial charge on any atom is 0.407 e. The SMILES string of the molecule is O=C(O)N1CC=C(c2c[nH]c3ccncc23)CC1. The molecule has 0 radical (unpaired) electrons. The van der Waals surface area contributed by atoms with Crippen molar-refractivity contribution in [3.05, 3.63) is 36.3 Å². The topological polar surface area (TPSA) is 69.2 Å². The zero-order valence-electron chi connectivity index (χ0n) is 9.76. The summed E-state index contributed by atoms with van der Waals surface area (Å²) in [4.78, 5) is 19.6. The van der Waals surface area contributed by atoms with Crippen LogP contribution in [-0.4, -0.2) is 39.2 Å². The maximum absolute atomic E-state index is 10.8. The summed E-state index contributed by atoms with van der Waals surface area (Å²) in [6, 6.07) is 1.94. The minimum atomic E-state index is -0.856. The van der Waals surface area contributed by atoms with Crippen LogP contribution in [0.4, 0.5) is 4.79 Å². The number of aromatic nitrogens is 2. The Morgan fingerprint density at radius 1 is 1.50 bits per heavy atom. The number of fused-ring (bicyclic) bond motifs is 1. The van der Waals surface area contributed by atoms with Crippen molar-refractivity contribution < 1.29 is 9.90 Å². The van der Waals surface area contributed by atoms with Crippen molar-refractivity contribution in [2.24, 2.45) is 0 Å². The monoisotopic (exact) mass is 243 g/mol. The van der Waals surface area contributed by atoms with Crippen molar-refractivity contribution >= 4 is 22.6 Å². The summed E-state index contributed by atoms with van der Waals surface area (Å²) >= 11 is 0. The van der Waals surface area contributed by atoms with Gasteiger partial charge in [-0.1, -0.05) is 6.08 Å². The lowest BCUT2D eigenvalue weighted by atomic mass is 10.00. The molecule has 1 aliphatic rings. The van der Waals surface area contributed by atoms with Crippen LogP contribution in [0.25, 0.3) is 16.5 Å². The van der Waals surface area contributed by atoms with Gasteiger partial charge in [0.1, 0.15) is 0 Å². The normalized spacial score (nSPS) is 15.8. The van der Waals surface area contributed by atoms with E-state index in [4.69, 9.17) is 5.11 Å². The highest BCUT2D eigenvalue weighted by molar-refractivity contribution is 5.92. The first-order valence-electron chi connectivity index (χ1n) is 5.84. The standard InChI is InChI=1S/C13H13N3O2/c17-13(18)16-5-2-9(3-6-16)10-8-15-12-1-4-14-7-11(10)12/h1-2,4,7-8,15H,3,5-6H2,(H,17,18). The second-order valence-corrected chi connectivity index (χ2v) is 4.33. The Kier molecular flexibility index (Phi) is 2.51. The molecule has 0 aromatic carbocycles. The van der Waals surface area contributed by atoms with E-state index >= 15 is 0 Å². The molecule has 18 heavy (non-hydrogen) atoms. The molecule has 1 aliphatic heterocycles. The molecule has 0 bridgehead atoms. The van der Waals surface area contributed by atoms with Gasteiger partial charge in [0.25, 0.3) is 0 Å². The fraction of sp³-hybridized carbons (Fsp3) is 0.231. The van der Waals surface area contributed by atoms with E-state index in [2.05, 4.69) is 9.97 Å². The smallest absolute Gasteiger partial charge is 0.407 e. The molecule has 3 heterocycles. The summed E-state index contributed by atoms with van der Waals surface area (Å²) in [5.41, 5.74) is 3.37. The Morgan fingerprint density at radius 3 is 3.11 bits per heavy atom. The first kappa shape index (κ1) is 10.8. The van der Waals surface area contributed by atoms with E-state index in [1.54, 1.807) is 6.20 Å². The van der Waals surface area contributed by atoms with E-state index in [9.17, 15) is 4.79 Å². The van der Waals surface area contributed by atoms with Crippen LogP contribution in [0.3, 0.4) is 0 Å². The number of hydrogen-bond acceptors (Lipinski definition) is 2. The lowest BCUT2D eigenvalue weighted by molar-refractivity contribution is 0.150. The first-order chi connectivity index (χ1) is 8.75. The summed E-state index contributed by atoms with van der Waals surface area (Å²) in [6.45, 7) is 1.01. The summed E-state index contributed by atoms with van der Waals surface area (Å²) in [6.07, 6.45) is 7.43. The third-order valence-corrected chi connectivity index (χ3v) is 3.31. The molecule has 0 saturated carbocycles. The molecule has 0 aliphatic carbocycles. The molecule has 5 nitrogen and oxygen atoms in total. The fourth-order valence-electron chi connectivity index (χ4n) is 2.32. The molecular formula is C13H13N3O2. The van der Waals surface area contributed by atoms with Gasteiger partial charge >= 0.3 is 6.09 Å². The number of pyridine rings is 1. The average Bonchev–Trinajstić information content (AvgIpc) is 2.82. The average molecular weight is 243 g/mol. The van der Waals surface area contributed by atoms with E-state index in [-0.39, 0.29) is 0 Å². The molecule has 0 unspecified atom stereocenters. The van der Waals surface area contributed by atoms with E-state index in [1.807, 2.05) is 24.5 Å². The van der Waals surface area contributed by atoms with Crippen molar-refractivity contribution in [2.75, 3.05) is 13.1 Å². The Labute approximate surface area is 104 Å². The van der Waals surface area contributed by atoms with Crippen LogP contribution in [0.2, 0.25) is 0 Å². The maximum atomic E-state index is 10.8. The lowest BCUT2D eigenvalue weighted by Crippen LogP contribution is -2.33. The van der Waals surface area contributed by atoms with Gasteiger partial charge in [-0.2, -0.15) is 0 Å². The van der Waals surface area contributed by atoms with Gasteiger partial charge in [0.2, 0.25) is 0 Å². The van der Waals surface area contributed by atoms with Crippen molar-refractivity contribution in [3.63, 3.8) is 0 Å². The zero-order chi connectivity index (χ0) is 12.5.